The minimum absolute atomic E-state index is 0.166. The standard InChI is InChI=1S/C16H22N4O/c1-11(2)20-10-14(9-18-20)12(3)19-15-6-4-13(5-7-15)8-16(17)21/h4-7,9-12,19H,8H2,1-3H3,(H2,17,21)/t12-/m0/s1. The molecule has 0 saturated carbocycles. The fourth-order valence-corrected chi connectivity index (χ4v) is 2.11. The van der Waals surface area contributed by atoms with Crippen molar-refractivity contribution in [1.82, 2.24) is 9.78 Å². The van der Waals surface area contributed by atoms with Gasteiger partial charge in [-0.25, -0.2) is 0 Å². The molecule has 112 valence electrons. The van der Waals surface area contributed by atoms with Gasteiger partial charge in [0.1, 0.15) is 0 Å². The molecule has 0 spiro atoms. The van der Waals surface area contributed by atoms with Crippen LogP contribution in [0.2, 0.25) is 0 Å². The second-order valence-corrected chi connectivity index (χ2v) is 5.55. The van der Waals surface area contributed by atoms with Crippen molar-refractivity contribution >= 4 is 11.6 Å². The minimum Gasteiger partial charge on any atom is -0.378 e. The summed E-state index contributed by atoms with van der Waals surface area (Å²) in [5.41, 5.74) is 8.26. The van der Waals surface area contributed by atoms with E-state index < -0.39 is 0 Å². The van der Waals surface area contributed by atoms with Gasteiger partial charge in [0.2, 0.25) is 5.91 Å². The van der Waals surface area contributed by atoms with Gasteiger partial charge < -0.3 is 11.1 Å². The molecule has 5 heteroatoms. The largest absolute Gasteiger partial charge is 0.378 e. The molecule has 21 heavy (non-hydrogen) atoms. The number of aromatic nitrogens is 2. The Bertz CT molecular complexity index is 601. The Morgan fingerprint density at radius 3 is 2.48 bits per heavy atom. The SMILES string of the molecule is CC(C)n1cc([C@H](C)Nc2ccc(CC(N)=O)cc2)cn1. The molecule has 2 aromatic rings. The molecule has 3 N–H and O–H groups in total. The van der Waals surface area contributed by atoms with Crippen molar-refractivity contribution in [1.29, 1.82) is 0 Å². The summed E-state index contributed by atoms with van der Waals surface area (Å²) in [6.45, 7) is 6.30. The van der Waals surface area contributed by atoms with E-state index >= 15 is 0 Å². The summed E-state index contributed by atoms with van der Waals surface area (Å²) in [7, 11) is 0. The smallest absolute Gasteiger partial charge is 0.221 e. The fraction of sp³-hybridized carbons (Fsp3) is 0.375. The van der Waals surface area contributed by atoms with E-state index in [1.54, 1.807) is 0 Å². The first-order chi connectivity index (χ1) is 9.95. The summed E-state index contributed by atoms with van der Waals surface area (Å²) >= 11 is 0. The second kappa shape index (κ2) is 6.43. The van der Waals surface area contributed by atoms with E-state index in [0.717, 1.165) is 16.8 Å². The topological polar surface area (TPSA) is 72.9 Å². The van der Waals surface area contributed by atoms with Crippen LogP contribution in [0.5, 0.6) is 0 Å². The Labute approximate surface area is 125 Å². The van der Waals surface area contributed by atoms with Crippen LogP contribution in [-0.2, 0) is 11.2 Å². The number of nitrogens with zero attached hydrogens (tertiary/aromatic N) is 2. The van der Waals surface area contributed by atoms with E-state index in [-0.39, 0.29) is 18.4 Å². The van der Waals surface area contributed by atoms with Crippen LogP contribution in [0.1, 0.15) is 44.0 Å². The van der Waals surface area contributed by atoms with E-state index in [1.807, 2.05) is 35.1 Å². The van der Waals surface area contributed by atoms with Crippen LogP contribution in [0.15, 0.2) is 36.7 Å². The number of anilines is 1. The maximum absolute atomic E-state index is 10.9. The van der Waals surface area contributed by atoms with E-state index in [9.17, 15) is 4.79 Å². The molecular weight excluding hydrogens is 264 g/mol. The van der Waals surface area contributed by atoms with E-state index in [2.05, 4.69) is 37.4 Å². The molecule has 5 nitrogen and oxygen atoms in total. The second-order valence-electron chi connectivity index (χ2n) is 5.55. The average molecular weight is 286 g/mol. The molecule has 1 atom stereocenters. The summed E-state index contributed by atoms with van der Waals surface area (Å²) in [5, 5.41) is 7.77. The Morgan fingerprint density at radius 1 is 1.29 bits per heavy atom. The number of amides is 1. The van der Waals surface area contributed by atoms with Crippen molar-refractivity contribution in [3.8, 4) is 0 Å². The molecule has 0 bridgehead atoms. The number of carbonyl (C=O) groups is 1. The van der Waals surface area contributed by atoms with Crippen LogP contribution >= 0.6 is 0 Å². The summed E-state index contributed by atoms with van der Waals surface area (Å²) < 4.78 is 1.95. The summed E-state index contributed by atoms with van der Waals surface area (Å²) in [6.07, 6.45) is 4.22. The van der Waals surface area contributed by atoms with Crippen LogP contribution < -0.4 is 11.1 Å². The highest BCUT2D eigenvalue weighted by Crippen LogP contribution is 2.20. The first-order valence-electron chi connectivity index (χ1n) is 7.13. The monoisotopic (exact) mass is 286 g/mol. The zero-order valence-electron chi connectivity index (χ0n) is 12.7. The summed E-state index contributed by atoms with van der Waals surface area (Å²) in [5.74, 6) is -0.315. The maximum atomic E-state index is 10.9. The molecule has 1 amide bonds. The minimum atomic E-state index is -0.315. The van der Waals surface area contributed by atoms with Crippen LogP contribution in [0.4, 0.5) is 5.69 Å². The van der Waals surface area contributed by atoms with Gasteiger partial charge in [0.25, 0.3) is 0 Å². The van der Waals surface area contributed by atoms with Gasteiger partial charge in [-0.3, -0.25) is 9.48 Å². The van der Waals surface area contributed by atoms with Crippen LogP contribution in [0.3, 0.4) is 0 Å². The van der Waals surface area contributed by atoms with Crippen molar-refractivity contribution < 1.29 is 4.79 Å². The van der Waals surface area contributed by atoms with E-state index in [0.29, 0.717) is 6.04 Å². The van der Waals surface area contributed by atoms with Gasteiger partial charge in [-0.1, -0.05) is 12.1 Å². The van der Waals surface area contributed by atoms with Gasteiger partial charge in [-0.2, -0.15) is 5.10 Å². The molecule has 0 aliphatic carbocycles. The van der Waals surface area contributed by atoms with Gasteiger partial charge in [0.15, 0.2) is 0 Å². The zero-order chi connectivity index (χ0) is 15.4. The highest BCUT2D eigenvalue weighted by molar-refractivity contribution is 5.76. The summed E-state index contributed by atoms with van der Waals surface area (Å²) in [6, 6.07) is 8.27. The van der Waals surface area contributed by atoms with E-state index in [4.69, 9.17) is 5.73 Å². The lowest BCUT2D eigenvalue weighted by atomic mass is 10.1. The third kappa shape index (κ3) is 4.08. The van der Waals surface area contributed by atoms with Crippen molar-refractivity contribution in [3.63, 3.8) is 0 Å². The molecule has 0 unspecified atom stereocenters. The molecule has 1 aromatic heterocycles. The maximum Gasteiger partial charge on any atom is 0.221 e. The van der Waals surface area contributed by atoms with Gasteiger partial charge in [0.05, 0.1) is 18.7 Å². The number of primary amides is 1. The third-order valence-corrected chi connectivity index (χ3v) is 3.37. The lowest BCUT2D eigenvalue weighted by Crippen LogP contribution is -2.13. The normalized spacial score (nSPS) is 12.4. The van der Waals surface area contributed by atoms with Gasteiger partial charge in [0, 0.05) is 23.5 Å². The number of hydrogen-bond donors (Lipinski definition) is 2. The first-order valence-corrected chi connectivity index (χ1v) is 7.13. The molecule has 0 radical (unpaired) electrons. The molecule has 0 saturated heterocycles. The number of nitrogens with two attached hydrogens (primary N) is 1. The van der Waals surface area contributed by atoms with Crippen molar-refractivity contribution in [2.75, 3.05) is 5.32 Å². The quantitative estimate of drug-likeness (QED) is 0.857. The first kappa shape index (κ1) is 15.1. The fourth-order valence-electron chi connectivity index (χ4n) is 2.11. The number of hydrogen-bond acceptors (Lipinski definition) is 3. The highest BCUT2D eigenvalue weighted by Gasteiger charge is 2.09. The van der Waals surface area contributed by atoms with Gasteiger partial charge in [-0.05, 0) is 38.5 Å². The van der Waals surface area contributed by atoms with Crippen molar-refractivity contribution in [2.24, 2.45) is 5.73 Å². The molecule has 2 rings (SSSR count). The van der Waals surface area contributed by atoms with Crippen LogP contribution in [0, 0.1) is 0 Å². The van der Waals surface area contributed by atoms with Gasteiger partial charge in [-0.15, -0.1) is 0 Å². The van der Waals surface area contributed by atoms with Crippen molar-refractivity contribution in [2.45, 2.75) is 39.3 Å². The average Bonchev–Trinajstić information content (AvgIpc) is 2.90. The molecule has 1 heterocycles. The molecular formula is C16H22N4O. The molecule has 1 aromatic carbocycles. The predicted molar refractivity (Wildman–Crippen MR) is 84.0 cm³/mol. The van der Waals surface area contributed by atoms with E-state index in [1.165, 1.54) is 0 Å². The predicted octanol–water partition coefficient (Wildman–Crippen LogP) is 2.66. The molecule has 0 aliphatic rings. The Kier molecular flexibility index (Phi) is 4.62. The Hall–Kier alpha value is -2.30. The van der Waals surface area contributed by atoms with Crippen LogP contribution in [0.25, 0.3) is 0 Å². The highest BCUT2D eigenvalue weighted by atomic mass is 16.1. The van der Waals surface area contributed by atoms with Gasteiger partial charge >= 0.3 is 0 Å². The van der Waals surface area contributed by atoms with Crippen molar-refractivity contribution in [3.05, 3.63) is 47.8 Å². The number of nitrogens with one attached hydrogen (secondary N) is 1. The lowest BCUT2D eigenvalue weighted by molar-refractivity contribution is -0.117. The molecule has 0 fully saturated rings. The number of carbonyl (C=O) groups excluding carboxylic acids is 1. The third-order valence-electron chi connectivity index (χ3n) is 3.37. The number of rotatable bonds is 6. The Morgan fingerprint density at radius 2 is 1.95 bits per heavy atom. The number of benzene rings is 1. The Balaban J connectivity index is 2.01. The lowest BCUT2D eigenvalue weighted by Gasteiger charge is -2.14. The summed E-state index contributed by atoms with van der Waals surface area (Å²) in [4.78, 5) is 10.9. The zero-order valence-corrected chi connectivity index (χ0v) is 12.7. The van der Waals surface area contributed by atoms with Crippen LogP contribution in [-0.4, -0.2) is 15.7 Å². The molecule has 0 aliphatic heterocycles.